The molecule has 0 aliphatic heterocycles. The number of halogens is 1. The Hall–Kier alpha value is -0.530. The first kappa shape index (κ1) is 13.5. The van der Waals surface area contributed by atoms with Gasteiger partial charge in [-0.25, -0.2) is 0 Å². The molecule has 0 atom stereocenters. The van der Waals surface area contributed by atoms with E-state index in [-0.39, 0.29) is 0 Å². The number of nitrogens with zero attached hydrogens (tertiary/aromatic N) is 1. The van der Waals surface area contributed by atoms with Gasteiger partial charge in [0.1, 0.15) is 0 Å². The molecule has 1 aromatic carbocycles. The molecule has 16 heavy (non-hydrogen) atoms. The Morgan fingerprint density at radius 2 is 1.75 bits per heavy atom. The molecule has 0 N–H and O–H groups in total. The summed E-state index contributed by atoms with van der Waals surface area (Å²) in [6.07, 6.45) is 4.80. The van der Waals surface area contributed by atoms with Gasteiger partial charge in [0.05, 0.1) is 0 Å². The monoisotopic (exact) mass is 239 g/mol. The zero-order valence-electron chi connectivity index (χ0n) is 10.2. The van der Waals surface area contributed by atoms with Crippen LogP contribution in [0.15, 0.2) is 30.3 Å². The van der Waals surface area contributed by atoms with Crippen molar-refractivity contribution in [1.29, 1.82) is 0 Å². The fourth-order valence-electron chi connectivity index (χ4n) is 1.73. The molecule has 0 bridgehead atoms. The first-order chi connectivity index (χ1) is 7.83. The second-order valence-corrected chi connectivity index (χ2v) is 4.67. The minimum Gasteiger partial charge on any atom is -0.306 e. The topological polar surface area (TPSA) is 3.24 Å². The number of hydrogen-bond acceptors (Lipinski definition) is 1. The number of likely N-dealkylation sites (N-methyl/N-ethyl adjacent to an activating group) is 1. The number of hydrogen-bond donors (Lipinski definition) is 0. The van der Waals surface area contributed by atoms with E-state index < -0.39 is 0 Å². The lowest BCUT2D eigenvalue weighted by molar-refractivity contribution is 0.329. The average Bonchev–Trinajstić information content (AvgIpc) is 2.33. The zero-order chi connectivity index (χ0) is 11.6. The second kappa shape index (κ2) is 8.60. The molecule has 0 aromatic heterocycles. The van der Waals surface area contributed by atoms with Gasteiger partial charge in [-0.3, -0.25) is 0 Å². The van der Waals surface area contributed by atoms with E-state index in [0.29, 0.717) is 0 Å². The van der Waals surface area contributed by atoms with Crippen LogP contribution in [0.2, 0.25) is 0 Å². The summed E-state index contributed by atoms with van der Waals surface area (Å²) in [5.41, 5.74) is 1.43. The Bertz CT molecular complexity index is 261. The van der Waals surface area contributed by atoms with Gasteiger partial charge in [-0.2, -0.15) is 0 Å². The van der Waals surface area contributed by atoms with E-state index in [4.69, 9.17) is 11.6 Å². The van der Waals surface area contributed by atoms with Gasteiger partial charge in [-0.1, -0.05) is 36.8 Å². The molecule has 0 spiro atoms. The standard InChI is InChI=1S/C14H22ClN/c1-16(12-7-3-6-11-15)13-10-14-8-4-2-5-9-14/h2,4-5,8-9H,3,6-7,10-13H2,1H3. The SMILES string of the molecule is CN(CCCCCCl)CCc1ccccc1. The molecule has 0 saturated carbocycles. The van der Waals surface area contributed by atoms with E-state index in [1.165, 1.54) is 24.9 Å². The second-order valence-electron chi connectivity index (χ2n) is 4.29. The smallest absolute Gasteiger partial charge is 0.0223 e. The molecule has 1 rings (SSSR count). The highest BCUT2D eigenvalue weighted by Crippen LogP contribution is 2.02. The van der Waals surface area contributed by atoms with Gasteiger partial charge < -0.3 is 4.90 Å². The number of rotatable bonds is 8. The van der Waals surface area contributed by atoms with Gasteiger partial charge in [0.15, 0.2) is 0 Å². The van der Waals surface area contributed by atoms with Gasteiger partial charge in [0.2, 0.25) is 0 Å². The molecule has 90 valence electrons. The van der Waals surface area contributed by atoms with Crippen LogP contribution in [0.4, 0.5) is 0 Å². The maximum absolute atomic E-state index is 5.64. The molecule has 0 amide bonds. The first-order valence-electron chi connectivity index (χ1n) is 6.11. The van der Waals surface area contributed by atoms with Gasteiger partial charge in [-0.15, -0.1) is 11.6 Å². The summed E-state index contributed by atoms with van der Waals surface area (Å²) in [5.74, 6) is 0.799. The van der Waals surface area contributed by atoms with Gasteiger partial charge in [0, 0.05) is 12.4 Å². The first-order valence-corrected chi connectivity index (χ1v) is 6.65. The van der Waals surface area contributed by atoms with E-state index in [0.717, 1.165) is 25.3 Å². The molecule has 2 heteroatoms. The highest BCUT2D eigenvalue weighted by atomic mass is 35.5. The van der Waals surface area contributed by atoms with E-state index in [9.17, 15) is 0 Å². The third-order valence-corrected chi connectivity index (χ3v) is 3.07. The summed E-state index contributed by atoms with van der Waals surface area (Å²) in [7, 11) is 2.20. The molecule has 1 aromatic rings. The van der Waals surface area contributed by atoms with Crippen molar-refractivity contribution in [3.05, 3.63) is 35.9 Å². The van der Waals surface area contributed by atoms with Crippen molar-refractivity contribution in [1.82, 2.24) is 4.90 Å². The van der Waals surface area contributed by atoms with Crippen LogP contribution in [-0.4, -0.2) is 30.9 Å². The Morgan fingerprint density at radius 1 is 1.00 bits per heavy atom. The van der Waals surface area contributed by atoms with Crippen molar-refractivity contribution in [2.24, 2.45) is 0 Å². The maximum atomic E-state index is 5.64. The highest BCUT2D eigenvalue weighted by molar-refractivity contribution is 6.17. The lowest BCUT2D eigenvalue weighted by atomic mass is 10.1. The largest absolute Gasteiger partial charge is 0.306 e. The average molecular weight is 240 g/mol. The van der Waals surface area contributed by atoms with Crippen LogP contribution < -0.4 is 0 Å². The molecule has 0 radical (unpaired) electrons. The van der Waals surface area contributed by atoms with Gasteiger partial charge in [0.25, 0.3) is 0 Å². The summed E-state index contributed by atoms with van der Waals surface area (Å²) in [4.78, 5) is 2.40. The third-order valence-electron chi connectivity index (χ3n) is 2.80. The Morgan fingerprint density at radius 3 is 2.44 bits per heavy atom. The van der Waals surface area contributed by atoms with E-state index in [2.05, 4.69) is 42.3 Å². The summed E-state index contributed by atoms with van der Waals surface area (Å²) in [6, 6.07) is 10.7. The van der Waals surface area contributed by atoms with Gasteiger partial charge >= 0.3 is 0 Å². The summed E-state index contributed by atoms with van der Waals surface area (Å²) in [5, 5.41) is 0. The summed E-state index contributed by atoms with van der Waals surface area (Å²) in [6.45, 7) is 2.33. The zero-order valence-corrected chi connectivity index (χ0v) is 10.9. The highest BCUT2D eigenvalue weighted by Gasteiger charge is 1.98. The maximum Gasteiger partial charge on any atom is 0.0223 e. The van der Waals surface area contributed by atoms with E-state index >= 15 is 0 Å². The van der Waals surface area contributed by atoms with Crippen molar-refractivity contribution in [2.75, 3.05) is 26.0 Å². The Balaban J connectivity index is 2.08. The molecule has 0 saturated heterocycles. The quantitative estimate of drug-likeness (QED) is 0.495. The van der Waals surface area contributed by atoms with Crippen molar-refractivity contribution in [2.45, 2.75) is 25.7 Å². The lowest BCUT2D eigenvalue weighted by Gasteiger charge is -2.16. The third kappa shape index (κ3) is 6.14. The normalized spacial score (nSPS) is 10.9. The fourth-order valence-corrected chi connectivity index (χ4v) is 1.92. The molecule has 1 nitrogen and oxygen atoms in total. The summed E-state index contributed by atoms with van der Waals surface area (Å²) >= 11 is 5.64. The fraction of sp³-hybridized carbons (Fsp3) is 0.571. The van der Waals surface area contributed by atoms with E-state index in [1.807, 2.05) is 0 Å². The number of unbranched alkanes of at least 4 members (excludes halogenated alkanes) is 2. The number of benzene rings is 1. The van der Waals surface area contributed by atoms with Crippen LogP contribution in [0.3, 0.4) is 0 Å². The Kier molecular flexibility index (Phi) is 7.28. The summed E-state index contributed by atoms with van der Waals surface area (Å²) < 4.78 is 0. The number of alkyl halides is 1. The lowest BCUT2D eigenvalue weighted by Crippen LogP contribution is -2.22. The van der Waals surface area contributed by atoms with Gasteiger partial charge in [-0.05, 0) is 38.4 Å². The minimum absolute atomic E-state index is 0.799. The van der Waals surface area contributed by atoms with Crippen molar-refractivity contribution < 1.29 is 0 Å². The molecular weight excluding hydrogens is 218 g/mol. The van der Waals surface area contributed by atoms with Crippen molar-refractivity contribution in [3.63, 3.8) is 0 Å². The predicted octanol–water partition coefficient (Wildman–Crippen LogP) is 3.57. The van der Waals surface area contributed by atoms with Crippen molar-refractivity contribution >= 4 is 11.6 Å². The van der Waals surface area contributed by atoms with E-state index in [1.54, 1.807) is 0 Å². The van der Waals surface area contributed by atoms with Crippen LogP contribution in [0, 0.1) is 0 Å². The molecule has 0 heterocycles. The minimum atomic E-state index is 0.799. The molecule has 0 fully saturated rings. The molecule has 0 unspecified atom stereocenters. The molecule has 0 aliphatic rings. The Labute approximate surface area is 104 Å². The van der Waals surface area contributed by atoms with Crippen LogP contribution in [0.25, 0.3) is 0 Å². The van der Waals surface area contributed by atoms with Crippen LogP contribution in [-0.2, 0) is 6.42 Å². The van der Waals surface area contributed by atoms with Crippen LogP contribution in [0.5, 0.6) is 0 Å². The predicted molar refractivity (Wildman–Crippen MR) is 72.2 cm³/mol. The molecule has 0 aliphatic carbocycles. The van der Waals surface area contributed by atoms with Crippen LogP contribution in [0.1, 0.15) is 24.8 Å². The van der Waals surface area contributed by atoms with Crippen LogP contribution >= 0.6 is 11.6 Å². The van der Waals surface area contributed by atoms with Crippen molar-refractivity contribution in [3.8, 4) is 0 Å². The molecular formula is C14H22ClN.